The molecular formula is C12H7ClN2S. The van der Waals surface area contributed by atoms with Gasteiger partial charge in [0.25, 0.3) is 0 Å². The fourth-order valence-corrected chi connectivity index (χ4v) is 1.86. The summed E-state index contributed by atoms with van der Waals surface area (Å²) >= 11 is 11.1. The van der Waals surface area contributed by atoms with Gasteiger partial charge in [0.05, 0.1) is 5.56 Å². The van der Waals surface area contributed by atoms with Crippen molar-refractivity contribution in [1.29, 1.82) is 5.26 Å². The fraction of sp³-hybridized carbons (Fsp3) is 0. The minimum atomic E-state index is 0.430. The normalized spacial score (nSPS) is 9.75. The number of nitrogens with zero attached hydrogens (tertiary/aromatic N) is 1. The molecule has 1 aromatic carbocycles. The first kappa shape index (κ1) is 10.9. The molecule has 0 fully saturated rings. The SMILES string of the molecule is N#Cc1ccc(-c2ccccc2Cl)[nH]c1=S. The Bertz CT molecular complexity index is 625. The maximum Gasteiger partial charge on any atom is 0.121 e. The number of rotatable bonds is 1. The summed E-state index contributed by atoms with van der Waals surface area (Å²) in [7, 11) is 0. The highest BCUT2D eigenvalue weighted by Gasteiger charge is 2.03. The topological polar surface area (TPSA) is 39.6 Å². The van der Waals surface area contributed by atoms with Gasteiger partial charge in [-0.3, -0.25) is 0 Å². The maximum atomic E-state index is 8.77. The average molecular weight is 247 g/mol. The molecule has 0 radical (unpaired) electrons. The van der Waals surface area contributed by atoms with Gasteiger partial charge in [-0.15, -0.1) is 0 Å². The number of aromatic amines is 1. The number of hydrogen-bond donors (Lipinski definition) is 1. The molecule has 0 amide bonds. The summed E-state index contributed by atoms with van der Waals surface area (Å²) in [5.74, 6) is 0. The van der Waals surface area contributed by atoms with Gasteiger partial charge in [0, 0.05) is 16.3 Å². The Morgan fingerprint density at radius 2 is 1.94 bits per heavy atom. The highest BCUT2D eigenvalue weighted by atomic mass is 35.5. The van der Waals surface area contributed by atoms with E-state index in [2.05, 4.69) is 4.98 Å². The zero-order chi connectivity index (χ0) is 11.5. The Kier molecular flexibility index (Phi) is 3.04. The van der Waals surface area contributed by atoms with E-state index in [0.717, 1.165) is 11.3 Å². The van der Waals surface area contributed by atoms with Gasteiger partial charge in [-0.25, -0.2) is 0 Å². The number of H-pyrrole nitrogens is 1. The van der Waals surface area contributed by atoms with Gasteiger partial charge in [-0.05, 0) is 18.2 Å². The fourth-order valence-electron chi connectivity index (χ4n) is 1.40. The molecule has 0 unspecified atom stereocenters. The summed E-state index contributed by atoms with van der Waals surface area (Å²) in [5, 5.41) is 9.42. The molecule has 2 nitrogen and oxygen atoms in total. The molecule has 1 aromatic heterocycles. The zero-order valence-electron chi connectivity index (χ0n) is 8.20. The van der Waals surface area contributed by atoms with Crippen molar-refractivity contribution >= 4 is 23.8 Å². The molecule has 78 valence electrons. The lowest BCUT2D eigenvalue weighted by molar-refractivity contribution is 1.27. The van der Waals surface area contributed by atoms with E-state index in [1.165, 1.54) is 0 Å². The molecule has 0 bridgehead atoms. The molecule has 0 spiro atoms. The van der Waals surface area contributed by atoms with Crippen LogP contribution >= 0.6 is 23.8 Å². The molecule has 0 saturated heterocycles. The lowest BCUT2D eigenvalue weighted by atomic mass is 10.1. The predicted molar refractivity (Wildman–Crippen MR) is 66.8 cm³/mol. The highest BCUT2D eigenvalue weighted by molar-refractivity contribution is 7.71. The quantitative estimate of drug-likeness (QED) is 0.775. The van der Waals surface area contributed by atoms with Gasteiger partial charge in [0.15, 0.2) is 0 Å². The Morgan fingerprint density at radius 1 is 1.19 bits per heavy atom. The molecule has 1 N–H and O–H groups in total. The standard InChI is InChI=1S/C12H7ClN2S/c13-10-4-2-1-3-9(10)11-6-5-8(7-14)12(16)15-11/h1-6H,(H,15,16). The second-order valence-electron chi connectivity index (χ2n) is 3.21. The molecule has 4 heteroatoms. The molecular weight excluding hydrogens is 240 g/mol. The van der Waals surface area contributed by atoms with Crippen LogP contribution in [0, 0.1) is 16.0 Å². The Morgan fingerprint density at radius 3 is 2.56 bits per heavy atom. The monoisotopic (exact) mass is 246 g/mol. The molecule has 0 aliphatic rings. The summed E-state index contributed by atoms with van der Waals surface area (Å²) in [5.41, 5.74) is 2.15. The van der Waals surface area contributed by atoms with Crippen LogP contribution in [0.25, 0.3) is 11.3 Å². The van der Waals surface area contributed by atoms with Crippen LogP contribution in [0.3, 0.4) is 0 Å². The van der Waals surface area contributed by atoms with E-state index in [1.54, 1.807) is 12.1 Å². The third-order valence-electron chi connectivity index (χ3n) is 2.19. The van der Waals surface area contributed by atoms with Gasteiger partial charge < -0.3 is 4.98 Å². The molecule has 0 aliphatic carbocycles. The number of hydrogen-bond acceptors (Lipinski definition) is 2. The van der Waals surface area contributed by atoms with Crippen LogP contribution in [0.2, 0.25) is 5.02 Å². The van der Waals surface area contributed by atoms with E-state index in [1.807, 2.05) is 30.3 Å². The summed E-state index contributed by atoms with van der Waals surface area (Å²) < 4.78 is 0.430. The second kappa shape index (κ2) is 4.48. The number of aromatic nitrogens is 1. The van der Waals surface area contributed by atoms with Crippen molar-refractivity contribution in [3.63, 3.8) is 0 Å². The molecule has 16 heavy (non-hydrogen) atoms. The van der Waals surface area contributed by atoms with Crippen molar-refractivity contribution in [1.82, 2.24) is 4.98 Å². The van der Waals surface area contributed by atoms with Gasteiger partial charge in [-0.1, -0.05) is 42.0 Å². The summed E-state index contributed by atoms with van der Waals surface area (Å²) in [6, 6.07) is 13.0. The van der Waals surface area contributed by atoms with Crippen molar-refractivity contribution in [3.05, 3.63) is 51.6 Å². The van der Waals surface area contributed by atoms with Crippen LogP contribution in [0.4, 0.5) is 0 Å². The van der Waals surface area contributed by atoms with Crippen LogP contribution in [-0.4, -0.2) is 4.98 Å². The number of halogens is 1. The van der Waals surface area contributed by atoms with Gasteiger partial charge in [-0.2, -0.15) is 5.26 Å². The van der Waals surface area contributed by atoms with Gasteiger partial charge >= 0.3 is 0 Å². The molecule has 0 aliphatic heterocycles. The molecule has 1 heterocycles. The van der Waals surface area contributed by atoms with Gasteiger partial charge in [0.2, 0.25) is 0 Å². The van der Waals surface area contributed by atoms with Crippen molar-refractivity contribution in [2.75, 3.05) is 0 Å². The van der Waals surface area contributed by atoms with Crippen LogP contribution < -0.4 is 0 Å². The minimum Gasteiger partial charge on any atom is -0.345 e. The summed E-state index contributed by atoms with van der Waals surface area (Å²) in [6.07, 6.45) is 0. The van der Waals surface area contributed by atoms with E-state index in [9.17, 15) is 0 Å². The minimum absolute atomic E-state index is 0.430. The largest absolute Gasteiger partial charge is 0.345 e. The van der Waals surface area contributed by atoms with E-state index >= 15 is 0 Å². The number of nitrogens with one attached hydrogen (secondary N) is 1. The van der Waals surface area contributed by atoms with Crippen LogP contribution in [0.1, 0.15) is 5.56 Å². The molecule has 2 aromatic rings. The molecule has 0 atom stereocenters. The Balaban J connectivity index is 2.60. The first-order valence-electron chi connectivity index (χ1n) is 4.60. The van der Waals surface area contributed by atoms with Crippen LogP contribution in [-0.2, 0) is 0 Å². The van der Waals surface area contributed by atoms with E-state index in [4.69, 9.17) is 29.1 Å². The second-order valence-corrected chi connectivity index (χ2v) is 4.02. The van der Waals surface area contributed by atoms with E-state index in [0.29, 0.717) is 15.2 Å². The van der Waals surface area contributed by atoms with E-state index < -0.39 is 0 Å². The predicted octanol–water partition coefficient (Wildman–Crippen LogP) is 3.94. The number of nitriles is 1. The third-order valence-corrected chi connectivity index (χ3v) is 2.85. The average Bonchev–Trinajstić information content (AvgIpc) is 2.29. The third kappa shape index (κ3) is 1.99. The van der Waals surface area contributed by atoms with Crippen LogP contribution in [0.5, 0.6) is 0 Å². The lowest BCUT2D eigenvalue weighted by Crippen LogP contribution is -1.87. The number of pyridine rings is 1. The van der Waals surface area contributed by atoms with E-state index in [-0.39, 0.29) is 0 Å². The zero-order valence-corrected chi connectivity index (χ0v) is 9.77. The van der Waals surface area contributed by atoms with Crippen molar-refractivity contribution in [3.8, 4) is 17.3 Å². The van der Waals surface area contributed by atoms with Crippen LogP contribution in [0.15, 0.2) is 36.4 Å². The first-order chi connectivity index (χ1) is 7.72. The number of benzene rings is 1. The molecule has 0 saturated carbocycles. The maximum absolute atomic E-state index is 8.77. The van der Waals surface area contributed by atoms with Gasteiger partial charge in [0.1, 0.15) is 10.7 Å². The van der Waals surface area contributed by atoms with Crippen molar-refractivity contribution in [2.24, 2.45) is 0 Å². The highest BCUT2D eigenvalue weighted by Crippen LogP contribution is 2.25. The summed E-state index contributed by atoms with van der Waals surface area (Å²) in [6.45, 7) is 0. The van der Waals surface area contributed by atoms with Crippen molar-refractivity contribution < 1.29 is 0 Å². The molecule has 2 rings (SSSR count). The Hall–Kier alpha value is -1.63. The first-order valence-corrected chi connectivity index (χ1v) is 5.39. The van der Waals surface area contributed by atoms with Crippen molar-refractivity contribution in [2.45, 2.75) is 0 Å². The summed E-state index contributed by atoms with van der Waals surface area (Å²) in [4.78, 5) is 2.99. The Labute approximate surface area is 103 Å². The smallest absolute Gasteiger partial charge is 0.121 e. The lowest BCUT2D eigenvalue weighted by Gasteiger charge is -2.04.